The summed E-state index contributed by atoms with van der Waals surface area (Å²) in [5.74, 6) is 3.51. The molecule has 1 saturated heterocycles. The van der Waals surface area contributed by atoms with Crippen molar-refractivity contribution in [1.29, 1.82) is 0 Å². The highest BCUT2D eigenvalue weighted by molar-refractivity contribution is 5.50. The summed E-state index contributed by atoms with van der Waals surface area (Å²) in [7, 11) is 0. The van der Waals surface area contributed by atoms with Gasteiger partial charge < -0.3 is 15.3 Å². The van der Waals surface area contributed by atoms with Crippen LogP contribution in [0.5, 0.6) is 0 Å². The van der Waals surface area contributed by atoms with E-state index in [4.69, 9.17) is 4.98 Å². The van der Waals surface area contributed by atoms with E-state index in [1.165, 1.54) is 12.8 Å². The highest BCUT2D eigenvalue weighted by Crippen LogP contribution is 2.39. The second kappa shape index (κ2) is 5.79. The fourth-order valence-electron chi connectivity index (χ4n) is 2.70. The van der Waals surface area contributed by atoms with Gasteiger partial charge >= 0.3 is 0 Å². The predicted octanol–water partition coefficient (Wildman–Crippen LogP) is 2.53. The van der Waals surface area contributed by atoms with Crippen molar-refractivity contribution in [1.82, 2.24) is 9.97 Å². The number of hydrogen-bond acceptors (Lipinski definition) is 5. The summed E-state index contributed by atoms with van der Waals surface area (Å²) >= 11 is 0. The molecule has 0 unspecified atom stereocenters. The quantitative estimate of drug-likeness (QED) is 0.872. The van der Waals surface area contributed by atoms with Gasteiger partial charge in [-0.2, -0.15) is 0 Å². The molecule has 2 fully saturated rings. The highest BCUT2D eigenvalue weighted by Gasteiger charge is 2.30. The Bertz CT molecular complexity index is 489. The molecule has 0 amide bonds. The molecule has 2 N–H and O–H groups in total. The van der Waals surface area contributed by atoms with E-state index in [1.807, 2.05) is 6.92 Å². The van der Waals surface area contributed by atoms with E-state index in [9.17, 15) is 5.11 Å². The van der Waals surface area contributed by atoms with Gasteiger partial charge in [-0.3, -0.25) is 0 Å². The van der Waals surface area contributed by atoms with Crippen molar-refractivity contribution in [3.05, 3.63) is 11.9 Å². The Morgan fingerprint density at radius 3 is 2.67 bits per heavy atom. The van der Waals surface area contributed by atoms with Crippen LogP contribution >= 0.6 is 0 Å². The Morgan fingerprint density at radius 2 is 2.05 bits per heavy atom. The number of aromatic nitrogens is 2. The van der Waals surface area contributed by atoms with Crippen molar-refractivity contribution < 1.29 is 5.11 Å². The zero-order valence-corrected chi connectivity index (χ0v) is 13.1. The minimum Gasteiger partial charge on any atom is -0.390 e. The van der Waals surface area contributed by atoms with E-state index >= 15 is 0 Å². The maximum absolute atomic E-state index is 10.1. The number of aliphatic hydroxyl groups is 1. The van der Waals surface area contributed by atoms with Crippen LogP contribution in [0.4, 0.5) is 11.6 Å². The minimum atomic E-state index is -0.522. The van der Waals surface area contributed by atoms with Gasteiger partial charge in [-0.25, -0.2) is 9.97 Å². The molecule has 1 aliphatic carbocycles. The molecule has 2 aliphatic rings. The minimum absolute atomic E-state index is 0.522. The van der Waals surface area contributed by atoms with Crippen LogP contribution in [-0.4, -0.2) is 40.3 Å². The van der Waals surface area contributed by atoms with Crippen LogP contribution in [0, 0.1) is 0 Å². The smallest absolute Gasteiger partial charge is 0.136 e. The first-order chi connectivity index (χ1) is 10.1. The lowest BCUT2D eigenvalue weighted by atomic mass is 9.94. The van der Waals surface area contributed by atoms with Gasteiger partial charge in [0.15, 0.2) is 0 Å². The lowest BCUT2D eigenvalue weighted by Crippen LogP contribution is -2.42. The molecule has 3 rings (SSSR count). The topological polar surface area (TPSA) is 61.3 Å². The molecule has 1 aliphatic heterocycles. The summed E-state index contributed by atoms with van der Waals surface area (Å²) in [4.78, 5) is 11.7. The third kappa shape index (κ3) is 3.64. The van der Waals surface area contributed by atoms with Gasteiger partial charge in [-0.05, 0) is 39.0 Å². The van der Waals surface area contributed by atoms with Crippen molar-refractivity contribution >= 4 is 11.6 Å². The standard InChI is InChI=1S/C16H26N4O/c1-3-8-17-13-11-14(19-15(18-13)12-4-5-12)20-9-6-16(2,21)7-10-20/h11-12,21H,3-10H2,1-2H3,(H,17,18,19). The van der Waals surface area contributed by atoms with Crippen LogP contribution in [-0.2, 0) is 0 Å². The molecule has 0 spiro atoms. The van der Waals surface area contributed by atoms with Gasteiger partial charge in [0.25, 0.3) is 0 Å². The molecule has 116 valence electrons. The third-order valence-electron chi connectivity index (χ3n) is 4.39. The van der Waals surface area contributed by atoms with Crippen molar-refractivity contribution in [3.63, 3.8) is 0 Å². The normalized spacial score (nSPS) is 21.4. The van der Waals surface area contributed by atoms with Gasteiger partial charge in [-0.15, -0.1) is 0 Å². The molecule has 0 radical (unpaired) electrons. The maximum atomic E-state index is 10.1. The number of anilines is 2. The lowest BCUT2D eigenvalue weighted by Gasteiger charge is -2.36. The van der Waals surface area contributed by atoms with Crippen LogP contribution in [0.15, 0.2) is 6.07 Å². The predicted molar refractivity (Wildman–Crippen MR) is 84.9 cm³/mol. The van der Waals surface area contributed by atoms with Crippen LogP contribution in [0.3, 0.4) is 0 Å². The van der Waals surface area contributed by atoms with Crippen LogP contribution in [0.1, 0.15) is 57.7 Å². The van der Waals surface area contributed by atoms with Gasteiger partial charge in [-0.1, -0.05) is 6.92 Å². The number of hydrogen-bond donors (Lipinski definition) is 2. The fourth-order valence-corrected chi connectivity index (χ4v) is 2.70. The Hall–Kier alpha value is -1.36. The zero-order valence-electron chi connectivity index (χ0n) is 13.1. The average molecular weight is 290 g/mol. The summed E-state index contributed by atoms with van der Waals surface area (Å²) in [5, 5.41) is 13.5. The second-order valence-electron chi connectivity index (χ2n) is 6.65. The Kier molecular flexibility index (Phi) is 4.02. The molecule has 1 aromatic heterocycles. The molecule has 5 nitrogen and oxygen atoms in total. The van der Waals surface area contributed by atoms with E-state index in [0.717, 1.165) is 56.4 Å². The lowest BCUT2D eigenvalue weighted by molar-refractivity contribution is 0.0350. The third-order valence-corrected chi connectivity index (χ3v) is 4.39. The molecule has 1 aromatic rings. The van der Waals surface area contributed by atoms with Gasteiger partial charge in [0, 0.05) is 31.6 Å². The molecule has 0 atom stereocenters. The first kappa shape index (κ1) is 14.6. The molecule has 5 heteroatoms. The van der Waals surface area contributed by atoms with Crippen LogP contribution < -0.4 is 10.2 Å². The Balaban J connectivity index is 1.78. The molecule has 21 heavy (non-hydrogen) atoms. The van der Waals surface area contributed by atoms with Gasteiger partial charge in [0.05, 0.1) is 5.60 Å². The number of nitrogens with zero attached hydrogens (tertiary/aromatic N) is 3. The SMILES string of the molecule is CCCNc1cc(N2CCC(C)(O)CC2)nc(C2CC2)n1. The van der Waals surface area contributed by atoms with Crippen molar-refractivity contribution in [2.24, 2.45) is 0 Å². The monoisotopic (exact) mass is 290 g/mol. The van der Waals surface area contributed by atoms with E-state index in [-0.39, 0.29) is 0 Å². The Labute approximate surface area is 126 Å². The van der Waals surface area contributed by atoms with E-state index in [2.05, 4.69) is 28.2 Å². The average Bonchev–Trinajstić information content (AvgIpc) is 3.29. The molecular formula is C16H26N4O. The summed E-state index contributed by atoms with van der Waals surface area (Å²) in [5.41, 5.74) is -0.522. The number of piperidine rings is 1. The van der Waals surface area contributed by atoms with Crippen LogP contribution in [0.2, 0.25) is 0 Å². The number of rotatable bonds is 5. The molecule has 0 aromatic carbocycles. The molecule has 2 heterocycles. The summed E-state index contributed by atoms with van der Waals surface area (Å²) < 4.78 is 0. The second-order valence-corrected chi connectivity index (χ2v) is 6.65. The van der Waals surface area contributed by atoms with E-state index in [0.29, 0.717) is 5.92 Å². The van der Waals surface area contributed by atoms with Gasteiger partial charge in [0.2, 0.25) is 0 Å². The Morgan fingerprint density at radius 1 is 1.33 bits per heavy atom. The van der Waals surface area contributed by atoms with Crippen LogP contribution in [0.25, 0.3) is 0 Å². The number of nitrogens with one attached hydrogen (secondary N) is 1. The maximum Gasteiger partial charge on any atom is 0.136 e. The first-order valence-corrected chi connectivity index (χ1v) is 8.17. The first-order valence-electron chi connectivity index (χ1n) is 8.17. The van der Waals surface area contributed by atoms with Crippen molar-refractivity contribution in [2.45, 2.75) is 57.5 Å². The molecule has 1 saturated carbocycles. The van der Waals surface area contributed by atoms with Crippen molar-refractivity contribution in [2.75, 3.05) is 29.9 Å². The van der Waals surface area contributed by atoms with E-state index < -0.39 is 5.60 Å². The van der Waals surface area contributed by atoms with Crippen molar-refractivity contribution in [3.8, 4) is 0 Å². The molecule has 0 bridgehead atoms. The summed E-state index contributed by atoms with van der Waals surface area (Å²) in [6, 6.07) is 2.06. The molecular weight excluding hydrogens is 264 g/mol. The fraction of sp³-hybridized carbons (Fsp3) is 0.750. The van der Waals surface area contributed by atoms with Gasteiger partial charge in [0.1, 0.15) is 17.5 Å². The zero-order chi connectivity index (χ0) is 14.9. The van der Waals surface area contributed by atoms with E-state index in [1.54, 1.807) is 0 Å². The summed E-state index contributed by atoms with van der Waals surface area (Å²) in [6.45, 7) is 6.75. The summed E-state index contributed by atoms with van der Waals surface area (Å²) in [6.07, 6.45) is 5.11. The largest absolute Gasteiger partial charge is 0.390 e. The highest BCUT2D eigenvalue weighted by atomic mass is 16.3.